The van der Waals surface area contributed by atoms with Crippen LogP contribution in [0, 0.1) is 0 Å². The van der Waals surface area contributed by atoms with Crippen LogP contribution in [0.3, 0.4) is 0 Å². The second-order valence-electron chi connectivity index (χ2n) is 5.19. The molecule has 0 saturated heterocycles. The Morgan fingerprint density at radius 2 is 1.84 bits per heavy atom. The molecule has 1 unspecified atom stereocenters. The van der Waals surface area contributed by atoms with Crippen molar-refractivity contribution in [3.05, 3.63) is 29.8 Å². The lowest BCUT2D eigenvalue weighted by Gasteiger charge is -2.19. The Balaban J connectivity index is 2.43. The average molecular weight is 267 g/mol. The van der Waals surface area contributed by atoms with Gasteiger partial charge in [-0.3, -0.25) is 4.79 Å². The molecule has 0 saturated carbocycles. The third-order valence-electron chi connectivity index (χ3n) is 2.39. The maximum absolute atomic E-state index is 10.7. The van der Waals surface area contributed by atoms with Crippen molar-refractivity contribution in [2.45, 2.75) is 32.4 Å². The third kappa shape index (κ3) is 5.72. The minimum atomic E-state index is -1.05. The van der Waals surface area contributed by atoms with Gasteiger partial charge in [0.2, 0.25) is 0 Å². The number of hydrogen-bond donors (Lipinski definition) is 2. The van der Waals surface area contributed by atoms with Gasteiger partial charge < -0.3 is 20.3 Å². The zero-order valence-electron chi connectivity index (χ0n) is 11.6. The monoisotopic (exact) mass is 267 g/mol. The van der Waals surface area contributed by atoms with E-state index < -0.39 is 12.0 Å². The molecule has 1 atom stereocenters. The third-order valence-corrected chi connectivity index (χ3v) is 2.39. The van der Waals surface area contributed by atoms with Crippen molar-refractivity contribution < 1.29 is 19.4 Å². The lowest BCUT2D eigenvalue weighted by atomic mass is 10.1. The molecule has 0 aromatic heterocycles. The van der Waals surface area contributed by atoms with Crippen molar-refractivity contribution >= 4 is 5.97 Å². The molecule has 19 heavy (non-hydrogen) atoms. The van der Waals surface area contributed by atoms with E-state index in [2.05, 4.69) is 0 Å². The first-order chi connectivity index (χ1) is 8.79. The normalized spacial score (nSPS) is 13.1. The molecule has 0 aliphatic carbocycles. The Kier molecular flexibility index (Phi) is 5.32. The van der Waals surface area contributed by atoms with E-state index >= 15 is 0 Å². The number of ether oxygens (including phenoxy) is 2. The second-order valence-corrected chi connectivity index (χ2v) is 5.19. The number of carboxylic acids is 1. The molecular weight excluding hydrogens is 246 g/mol. The van der Waals surface area contributed by atoms with Gasteiger partial charge in [-0.1, -0.05) is 12.1 Å². The Bertz CT molecular complexity index is 408. The van der Waals surface area contributed by atoms with Crippen molar-refractivity contribution in [1.29, 1.82) is 0 Å². The smallest absolute Gasteiger partial charge is 0.325 e. The van der Waals surface area contributed by atoms with Crippen LogP contribution in [0.15, 0.2) is 24.3 Å². The van der Waals surface area contributed by atoms with E-state index in [-0.39, 0.29) is 5.60 Å². The van der Waals surface area contributed by atoms with Crippen molar-refractivity contribution in [2.75, 3.05) is 13.2 Å². The Morgan fingerprint density at radius 3 is 2.32 bits per heavy atom. The first-order valence-electron chi connectivity index (χ1n) is 6.15. The summed E-state index contributed by atoms with van der Waals surface area (Å²) in [4.78, 5) is 10.7. The molecule has 0 heterocycles. The van der Waals surface area contributed by atoms with E-state index in [9.17, 15) is 4.79 Å². The van der Waals surface area contributed by atoms with Crippen LogP contribution < -0.4 is 10.5 Å². The minimum absolute atomic E-state index is 0.179. The van der Waals surface area contributed by atoms with Crippen LogP contribution in [0.2, 0.25) is 0 Å². The van der Waals surface area contributed by atoms with Gasteiger partial charge in [-0.25, -0.2) is 0 Å². The summed E-state index contributed by atoms with van der Waals surface area (Å²) in [7, 11) is 0. The van der Waals surface area contributed by atoms with Gasteiger partial charge in [-0.15, -0.1) is 0 Å². The second kappa shape index (κ2) is 6.54. The van der Waals surface area contributed by atoms with Crippen molar-refractivity contribution in [3.8, 4) is 5.75 Å². The van der Waals surface area contributed by atoms with Gasteiger partial charge in [-0.2, -0.15) is 0 Å². The van der Waals surface area contributed by atoms with Crippen molar-refractivity contribution in [2.24, 2.45) is 5.73 Å². The summed E-state index contributed by atoms with van der Waals surface area (Å²) < 4.78 is 11.0. The van der Waals surface area contributed by atoms with Gasteiger partial charge in [0.25, 0.3) is 0 Å². The van der Waals surface area contributed by atoms with Gasteiger partial charge in [0.05, 0.1) is 12.2 Å². The van der Waals surface area contributed by atoms with E-state index in [1.165, 1.54) is 0 Å². The lowest BCUT2D eigenvalue weighted by Crippen LogP contribution is -2.22. The molecular formula is C14H21NO4. The Labute approximate surface area is 113 Å². The highest BCUT2D eigenvalue weighted by Gasteiger charge is 2.13. The molecule has 5 heteroatoms. The van der Waals surface area contributed by atoms with Crippen LogP contribution in [0.25, 0.3) is 0 Å². The molecule has 0 amide bonds. The molecule has 0 aliphatic heterocycles. The van der Waals surface area contributed by atoms with Gasteiger partial charge >= 0.3 is 5.97 Å². The Morgan fingerprint density at radius 1 is 1.26 bits per heavy atom. The molecule has 0 bridgehead atoms. The SMILES string of the molecule is CC(C)(C)OCCOc1ccc(C(N)C(=O)O)cc1. The number of carbonyl (C=O) groups is 1. The highest BCUT2D eigenvalue weighted by atomic mass is 16.5. The Hall–Kier alpha value is -1.59. The molecule has 0 radical (unpaired) electrons. The number of nitrogens with two attached hydrogens (primary N) is 1. The van der Waals surface area contributed by atoms with E-state index in [0.717, 1.165) is 0 Å². The standard InChI is InChI=1S/C14H21NO4/c1-14(2,3)19-9-8-18-11-6-4-10(5-7-11)12(15)13(16)17/h4-7,12H,8-9,15H2,1-3H3,(H,16,17). The summed E-state index contributed by atoms with van der Waals surface area (Å²) in [5.41, 5.74) is 5.86. The van der Waals surface area contributed by atoms with Gasteiger partial charge in [0, 0.05) is 0 Å². The van der Waals surface area contributed by atoms with E-state index in [1.54, 1.807) is 24.3 Å². The number of rotatable bonds is 6. The zero-order valence-corrected chi connectivity index (χ0v) is 11.6. The quantitative estimate of drug-likeness (QED) is 0.770. The zero-order chi connectivity index (χ0) is 14.5. The summed E-state index contributed by atoms with van der Waals surface area (Å²) in [6.45, 7) is 6.89. The van der Waals surface area contributed by atoms with Crippen molar-refractivity contribution in [3.63, 3.8) is 0 Å². The first-order valence-corrected chi connectivity index (χ1v) is 6.15. The highest BCUT2D eigenvalue weighted by molar-refractivity contribution is 5.75. The number of benzene rings is 1. The summed E-state index contributed by atoms with van der Waals surface area (Å²) in [5, 5.41) is 8.78. The van der Waals surface area contributed by atoms with Gasteiger partial charge in [0.1, 0.15) is 18.4 Å². The van der Waals surface area contributed by atoms with E-state index in [1.807, 2.05) is 20.8 Å². The van der Waals surface area contributed by atoms with Crippen LogP contribution in [-0.4, -0.2) is 29.9 Å². The first kappa shape index (κ1) is 15.5. The molecule has 1 aromatic rings. The minimum Gasteiger partial charge on any atom is -0.491 e. The average Bonchev–Trinajstić information content (AvgIpc) is 2.33. The van der Waals surface area contributed by atoms with E-state index in [4.69, 9.17) is 20.3 Å². The maximum Gasteiger partial charge on any atom is 0.325 e. The molecule has 5 nitrogen and oxygen atoms in total. The number of aliphatic carboxylic acids is 1. The fourth-order valence-corrected chi connectivity index (χ4v) is 1.42. The molecule has 106 valence electrons. The van der Waals surface area contributed by atoms with Crippen LogP contribution in [0.5, 0.6) is 5.75 Å². The molecule has 1 aromatic carbocycles. The largest absolute Gasteiger partial charge is 0.491 e. The van der Waals surface area contributed by atoms with Crippen molar-refractivity contribution in [1.82, 2.24) is 0 Å². The highest BCUT2D eigenvalue weighted by Crippen LogP contribution is 2.16. The molecule has 3 N–H and O–H groups in total. The number of hydrogen-bond acceptors (Lipinski definition) is 4. The molecule has 1 rings (SSSR count). The molecule has 0 spiro atoms. The summed E-state index contributed by atoms with van der Waals surface area (Å²) >= 11 is 0. The van der Waals surface area contributed by atoms with Crippen LogP contribution in [0.4, 0.5) is 0 Å². The summed E-state index contributed by atoms with van der Waals surface area (Å²) in [6.07, 6.45) is 0. The topological polar surface area (TPSA) is 81.8 Å². The molecule has 0 aliphatic rings. The van der Waals surface area contributed by atoms with Crippen LogP contribution in [0.1, 0.15) is 32.4 Å². The maximum atomic E-state index is 10.7. The van der Waals surface area contributed by atoms with Gasteiger partial charge in [0.15, 0.2) is 0 Å². The summed E-state index contributed by atoms with van der Waals surface area (Å²) in [5.74, 6) is -0.383. The number of carboxylic acid groups (broad SMARTS) is 1. The summed E-state index contributed by atoms with van der Waals surface area (Å²) in [6, 6.07) is 5.71. The van der Waals surface area contributed by atoms with Crippen LogP contribution in [-0.2, 0) is 9.53 Å². The lowest BCUT2D eigenvalue weighted by molar-refractivity contribution is -0.138. The predicted octanol–water partition coefficient (Wildman–Crippen LogP) is 1.96. The van der Waals surface area contributed by atoms with Gasteiger partial charge in [-0.05, 0) is 38.5 Å². The van der Waals surface area contributed by atoms with Crippen LogP contribution >= 0.6 is 0 Å². The molecule has 0 fully saturated rings. The predicted molar refractivity (Wildman–Crippen MR) is 72.2 cm³/mol. The fourth-order valence-electron chi connectivity index (χ4n) is 1.42. The van der Waals surface area contributed by atoms with E-state index in [0.29, 0.717) is 24.5 Å². The fraction of sp³-hybridized carbons (Fsp3) is 0.500.